The standard InChI is InChI=1S/C24H26N4O/c1-16-8-9-20(14-17(16)2)22(24(29)27-15-18-6-4-3-5-7-18)28-21-12-10-19(11-13-21)23(25)26/h3-14,22,28H,15H2,1-2H3,(H3,25,26)(H,27,29). The predicted octanol–water partition coefficient (Wildman–Crippen LogP) is 4.06. The topological polar surface area (TPSA) is 91.0 Å². The maximum atomic E-state index is 13.1. The molecule has 3 rings (SSSR count). The summed E-state index contributed by atoms with van der Waals surface area (Å²) in [7, 11) is 0. The van der Waals surface area contributed by atoms with Crippen molar-refractivity contribution in [2.75, 3.05) is 5.32 Å². The second kappa shape index (κ2) is 9.06. The van der Waals surface area contributed by atoms with E-state index in [1.165, 1.54) is 5.56 Å². The Labute approximate surface area is 171 Å². The van der Waals surface area contributed by atoms with Crippen LogP contribution in [-0.2, 0) is 11.3 Å². The smallest absolute Gasteiger partial charge is 0.247 e. The van der Waals surface area contributed by atoms with Crippen molar-refractivity contribution in [3.05, 3.63) is 101 Å². The molecule has 1 amide bonds. The lowest BCUT2D eigenvalue weighted by Gasteiger charge is -2.21. The van der Waals surface area contributed by atoms with Gasteiger partial charge in [0.2, 0.25) is 5.91 Å². The number of rotatable bonds is 7. The van der Waals surface area contributed by atoms with Crippen LogP contribution >= 0.6 is 0 Å². The number of benzene rings is 3. The molecule has 0 spiro atoms. The molecule has 0 saturated carbocycles. The third kappa shape index (κ3) is 5.23. The fourth-order valence-electron chi connectivity index (χ4n) is 3.04. The quantitative estimate of drug-likeness (QED) is 0.365. The van der Waals surface area contributed by atoms with E-state index in [1.54, 1.807) is 12.1 Å². The molecule has 5 nitrogen and oxygen atoms in total. The minimum atomic E-state index is -0.541. The minimum absolute atomic E-state index is 0.0165. The first-order chi connectivity index (χ1) is 13.9. The number of hydrogen-bond acceptors (Lipinski definition) is 3. The summed E-state index contributed by atoms with van der Waals surface area (Å²) in [6.45, 7) is 4.56. The van der Waals surface area contributed by atoms with Crippen molar-refractivity contribution in [2.45, 2.75) is 26.4 Å². The number of carbonyl (C=O) groups is 1. The number of carbonyl (C=O) groups excluding carboxylic acids is 1. The normalized spacial score (nSPS) is 11.5. The van der Waals surface area contributed by atoms with Crippen LogP contribution in [0.15, 0.2) is 72.8 Å². The van der Waals surface area contributed by atoms with Crippen LogP contribution in [0.2, 0.25) is 0 Å². The van der Waals surface area contributed by atoms with E-state index in [4.69, 9.17) is 11.1 Å². The van der Waals surface area contributed by atoms with Crippen molar-refractivity contribution in [3.8, 4) is 0 Å². The van der Waals surface area contributed by atoms with Gasteiger partial charge >= 0.3 is 0 Å². The summed E-state index contributed by atoms with van der Waals surface area (Å²) in [6, 6.07) is 22.5. The SMILES string of the molecule is Cc1ccc(C(Nc2ccc(C(=N)N)cc2)C(=O)NCc2ccccc2)cc1C. The predicted molar refractivity (Wildman–Crippen MR) is 118 cm³/mol. The molecule has 1 atom stereocenters. The van der Waals surface area contributed by atoms with Crippen LogP contribution in [0.5, 0.6) is 0 Å². The van der Waals surface area contributed by atoms with Crippen LogP contribution in [0, 0.1) is 19.3 Å². The Morgan fingerprint density at radius 3 is 2.28 bits per heavy atom. The molecule has 5 N–H and O–H groups in total. The molecule has 0 bridgehead atoms. The lowest BCUT2D eigenvalue weighted by molar-refractivity contribution is -0.122. The van der Waals surface area contributed by atoms with Crippen molar-refractivity contribution >= 4 is 17.4 Å². The van der Waals surface area contributed by atoms with Crippen molar-refractivity contribution < 1.29 is 4.79 Å². The summed E-state index contributed by atoms with van der Waals surface area (Å²) in [5.74, 6) is -0.0874. The van der Waals surface area contributed by atoms with Gasteiger partial charge in [-0.05, 0) is 60.4 Å². The number of amides is 1. The summed E-state index contributed by atoms with van der Waals surface area (Å²) < 4.78 is 0. The van der Waals surface area contributed by atoms with Crippen molar-refractivity contribution in [1.82, 2.24) is 5.32 Å². The summed E-state index contributed by atoms with van der Waals surface area (Å²) in [4.78, 5) is 13.1. The number of amidine groups is 1. The maximum Gasteiger partial charge on any atom is 0.247 e. The first-order valence-corrected chi connectivity index (χ1v) is 9.54. The monoisotopic (exact) mass is 386 g/mol. The Morgan fingerprint density at radius 2 is 1.66 bits per heavy atom. The molecule has 29 heavy (non-hydrogen) atoms. The van der Waals surface area contributed by atoms with Gasteiger partial charge in [0.05, 0.1) is 0 Å². The first-order valence-electron chi connectivity index (χ1n) is 9.54. The van der Waals surface area contributed by atoms with Gasteiger partial charge in [0.1, 0.15) is 11.9 Å². The highest BCUT2D eigenvalue weighted by Crippen LogP contribution is 2.23. The number of hydrogen-bond donors (Lipinski definition) is 4. The van der Waals surface area contributed by atoms with E-state index in [1.807, 2.05) is 67.6 Å². The zero-order chi connectivity index (χ0) is 20.8. The zero-order valence-corrected chi connectivity index (χ0v) is 16.7. The maximum absolute atomic E-state index is 13.1. The van der Waals surface area contributed by atoms with Gasteiger partial charge in [-0.25, -0.2) is 0 Å². The Morgan fingerprint density at radius 1 is 0.966 bits per heavy atom. The first kappa shape index (κ1) is 20.1. The van der Waals surface area contributed by atoms with E-state index in [9.17, 15) is 4.79 Å². The van der Waals surface area contributed by atoms with Crippen LogP contribution in [0.3, 0.4) is 0 Å². The highest BCUT2D eigenvalue weighted by atomic mass is 16.2. The lowest BCUT2D eigenvalue weighted by Crippen LogP contribution is -2.33. The van der Waals surface area contributed by atoms with Gasteiger partial charge in [-0.3, -0.25) is 10.2 Å². The highest BCUT2D eigenvalue weighted by molar-refractivity contribution is 5.95. The third-order valence-electron chi connectivity index (χ3n) is 4.94. The summed E-state index contributed by atoms with van der Waals surface area (Å²) in [5.41, 5.74) is 11.2. The Kier molecular flexibility index (Phi) is 6.29. The zero-order valence-electron chi connectivity index (χ0n) is 16.7. The van der Waals surface area contributed by atoms with E-state index in [2.05, 4.69) is 17.6 Å². The Bertz CT molecular complexity index is 997. The van der Waals surface area contributed by atoms with Gasteiger partial charge in [0.25, 0.3) is 0 Å². The molecule has 3 aromatic rings. The molecule has 3 aromatic carbocycles. The molecular weight excluding hydrogens is 360 g/mol. The average molecular weight is 386 g/mol. The van der Waals surface area contributed by atoms with Gasteiger partial charge in [-0.1, -0.05) is 48.5 Å². The molecule has 0 radical (unpaired) electrons. The van der Waals surface area contributed by atoms with Crippen LogP contribution in [0.4, 0.5) is 5.69 Å². The molecule has 1 unspecified atom stereocenters. The van der Waals surface area contributed by atoms with Crippen molar-refractivity contribution in [2.24, 2.45) is 5.73 Å². The Balaban J connectivity index is 1.83. The number of nitrogens with two attached hydrogens (primary N) is 1. The van der Waals surface area contributed by atoms with E-state index < -0.39 is 6.04 Å². The highest BCUT2D eigenvalue weighted by Gasteiger charge is 2.21. The number of aryl methyl sites for hydroxylation is 2. The van der Waals surface area contributed by atoms with Crippen LogP contribution in [0.1, 0.15) is 33.9 Å². The minimum Gasteiger partial charge on any atom is -0.384 e. The summed E-state index contributed by atoms with van der Waals surface area (Å²) in [6.07, 6.45) is 0. The van der Waals surface area contributed by atoms with Crippen molar-refractivity contribution in [1.29, 1.82) is 5.41 Å². The van der Waals surface area contributed by atoms with Gasteiger partial charge in [-0.15, -0.1) is 0 Å². The molecule has 148 valence electrons. The van der Waals surface area contributed by atoms with Gasteiger partial charge in [0, 0.05) is 17.8 Å². The Hall–Kier alpha value is -3.60. The van der Waals surface area contributed by atoms with Crippen LogP contribution in [0.25, 0.3) is 0 Å². The summed E-state index contributed by atoms with van der Waals surface area (Å²) in [5, 5.41) is 13.9. The average Bonchev–Trinajstić information content (AvgIpc) is 2.73. The molecule has 0 fully saturated rings. The van der Waals surface area contributed by atoms with E-state index in [-0.39, 0.29) is 11.7 Å². The fourth-order valence-corrected chi connectivity index (χ4v) is 3.04. The van der Waals surface area contributed by atoms with Gasteiger partial charge in [-0.2, -0.15) is 0 Å². The molecule has 0 aliphatic heterocycles. The van der Waals surface area contributed by atoms with E-state index >= 15 is 0 Å². The molecule has 0 aliphatic carbocycles. The molecular formula is C24H26N4O. The molecule has 0 aliphatic rings. The second-order valence-corrected chi connectivity index (χ2v) is 7.12. The van der Waals surface area contributed by atoms with Crippen molar-refractivity contribution in [3.63, 3.8) is 0 Å². The summed E-state index contributed by atoms with van der Waals surface area (Å²) >= 11 is 0. The molecule has 0 saturated heterocycles. The van der Waals surface area contributed by atoms with E-state index in [0.717, 1.165) is 22.4 Å². The molecule has 0 aromatic heterocycles. The largest absolute Gasteiger partial charge is 0.384 e. The number of nitrogens with one attached hydrogen (secondary N) is 3. The molecule has 5 heteroatoms. The lowest BCUT2D eigenvalue weighted by atomic mass is 10.00. The van der Waals surface area contributed by atoms with E-state index in [0.29, 0.717) is 12.1 Å². The van der Waals surface area contributed by atoms with Crippen LogP contribution in [-0.4, -0.2) is 11.7 Å². The number of anilines is 1. The van der Waals surface area contributed by atoms with Gasteiger partial charge in [0.15, 0.2) is 0 Å². The molecule has 0 heterocycles. The van der Waals surface area contributed by atoms with Gasteiger partial charge < -0.3 is 16.4 Å². The van der Waals surface area contributed by atoms with Crippen LogP contribution < -0.4 is 16.4 Å². The second-order valence-electron chi connectivity index (χ2n) is 7.12. The fraction of sp³-hybridized carbons (Fsp3) is 0.167. The number of nitrogen functional groups attached to an aromatic ring is 1. The third-order valence-corrected chi connectivity index (χ3v) is 4.94.